The Morgan fingerprint density at radius 2 is 1.75 bits per heavy atom. The fourth-order valence-corrected chi connectivity index (χ4v) is 1.12. The summed E-state index contributed by atoms with van der Waals surface area (Å²) in [5.74, 6) is 0. The Morgan fingerprint density at radius 1 is 1.17 bits per heavy atom. The molecule has 0 fully saturated rings. The molecule has 0 aliphatic heterocycles. The molecule has 0 aromatic carbocycles. The normalized spacial score (nSPS) is 9.75. The van der Waals surface area contributed by atoms with Gasteiger partial charge in [-0.15, -0.1) is 0 Å². The smallest absolute Gasteiger partial charge is 0.312 e. The minimum atomic E-state index is -0.413. The molecule has 0 spiro atoms. The van der Waals surface area contributed by atoms with E-state index in [-0.39, 0.29) is 0 Å². The highest BCUT2D eigenvalue weighted by molar-refractivity contribution is 5.71. The maximum Gasteiger partial charge on any atom is 0.312 e. The molecule has 0 aliphatic carbocycles. The Bertz CT molecular complexity index is 115. The Morgan fingerprint density at radius 3 is 2.33 bits per heavy atom. The molecule has 0 atom stereocenters. The first-order chi connectivity index (χ1) is 5.77. The Labute approximate surface area is 74.7 Å². The fourth-order valence-electron chi connectivity index (χ4n) is 1.12. The van der Waals surface area contributed by atoms with E-state index < -0.39 is 6.03 Å². The molecule has 2 amide bonds. The summed E-state index contributed by atoms with van der Waals surface area (Å²) in [6.45, 7) is 2.93. The zero-order valence-corrected chi connectivity index (χ0v) is 7.94. The van der Waals surface area contributed by atoms with Gasteiger partial charge in [-0.2, -0.15) is 0 Å². The largest absolute Gasteiger partial charge is 0.352 e. The van der Waals surface area contributed by atoms with Crippen LogP contribution >= 0.6 is 0 Å². The van der Waals surface area contributed by atoms with Crippen LogP contribution in [0.25, 0.3) is 0 Å². The standard InChI is InChI=1S/C9H20N2O/c1-2-3-4-5-6-7-8-11-9(10)12/h2-8H2,1H3,(H3,10,11,12). The Balaban J connectivity index is 2.86. The summed E-state index contributed by atoms with van der Waals surface area (Å²) in [4.78, 5) is 10.2. The molecule has 0 saturated heterocycles. The van der Waals surface area contributed by atoms with Gasteiger partial charge in [0.1, 0.15) is 0 Å². The van der Waals surface area contributed by atoms with Crippen molar-refractivity contribution in [3.8, 4) is 0 Å². The summed E-state index contributed by atoms with van der Waals surface area (Å²) < 4.78 is 0. The SMILES string of the molecule is CCCCCCCCNC(N)=O. The van der Waals surface area contributed by atoms with Crippen molar-refractivity contribution < 1.29 is 4.79 Å². The summed E-state index contributed by atoms with van der Waals surface area (Å²) in [6.07, 6.45) is 7.43. The fraction of sp³-hybridized carbons (Fsp3) is 0.889. The van der Waals surface area contributed by atoms with Gasteiger partial charge in [0, 0.05) is 6.54 Å². The molecule has 0 aliphatic rings. The van der Waals surface area contributed by atoms with Crippen LogP contribution in [0.4, 0.5) is 4.79 Å². The third kappa shape index (κ3) is 9.27. The number of rotatable bonds is 7. The van der Waals surface area contributed by atoms with E-state index in [0.29, 0.717) is 0 Å². The maximum absolute atomic E-state index is 10.2. The van der Waals surface area contributed by atoms with Gasteiger partial charge in [0.2, 0.25) is 0 Å². The van der Waals surface area contributed by atoms with Crippen LogP contribution < -0.4 is 11.1 Å². The van der Waals surface area contributed by atoms with E-state index >= 15 is 0 Å². The third-order valence-corrected chi connectivity index (χ3v) is 1.83. The average molecular weight is 172 g/mol. The van der Waals surface area contributed by atoms with E-state index in [0.717, 1.165) is 13.0 Å². The molecule has 0 rings (SSSR count). The lowest BCUT2D eigenvalue weighted by atomic mass is 10.1. The molecule has 3 heteroatoms. The van der Waals surface area contributed by atoms with Crippen molar-refractivity contribution in [1.29, 1.82) is 0 Å². The molecular weight excluding hydrogens is 152 g/mol. The molecule has 0 heterocycles. The van der Waals surface area contributed by atoms with Crippen LogP contribution in [-0.2, 0) is 0 Å². The highest BCUT2D eigenvalue weighted by atomic mass is 16.2. The summed E-state index contributed by atoms with van der Waals surface area (Å²) in [7, 11) is 0. The monoisotopic (exact) mass is 172 g/mol. The second kappa shape index (κ2) is 8.37. The van der Waals surface area contributed by atoms with Gasteiger partial charge in [-0.05, 0) is 6.42 Å². The number of primary amides is 1. The second-order valence-electron chi connectivity index (χ2n) is 3.06. The molecule has 0 aromatic rings. The van der Waals surface area contributed by atoms with Crippen LogP contribution in [-0.4, -0.2) is 12.6 Å². The van der Waals surface area contributed by atoms with Crippen LogP contribution in [0, 0.1) is 0 Å². The first kappa shape index (κ1) is 11.3. The highest BCUT2D eigenvalue weighted by Crippen LogP contribution is 2.03. The van der Waals surface area contributed by atoms with Crippen LogP contribution in [0.5, 0.6) is 0 Å². The summed E-state index contributed by atoms with van der Waals surface area (Å²) in [5.41, 5.74) is 4.90. The van der Waals surface area contributed by atoms with E-state index in [1.807, 2.05) is 0 Å². The van der Waals surface area contributed by atoms with E-state index in [1.54, 1.807) is 0 Å². The topological polar surface area (TPSA) is 55.1 Å². The first-order valence-electron chi connectivity index (χ1n) is 4.80. The van der Waals surface area contributed by atoms with E-state index in [4.69, 9.17) is 5.73 Å². The molecule has 0 radical (unpaired) electrons. The molecule has 3 N–H and O–H groups in total. The molecule has 0 saturated carbocycles. The third-order valence-electron chi connectivity index (χ3n) is 1.83. The second-order valence-corrected chi connectivity index (χ2v) is 3.06. The van der Waals surface area contributed by atoms with Crippen molar-refractivity contribution in [3.05, 3.63) is 0 Å². The first-order valence-corrected chi connectivity index (χ1v) is 4.80. The van der Waals surface area contributed by atoms with E-state index in [1.165, 1.54) is 32.1 Å². The number of nitrogens with two attached hydrogens (primary N) is 1. The lowest BCUT2D eigenvalue weighted by Gasteiger charge is -2.01. The molecular formula is C9H20N2O. The number of urea groups is 1. The summed E-state index contributed by atoms with van der Waals surface area (Å²) in [5, 5.41) is 2.58. The number of carbonyl (C=O) groups excluding carboxylic acids is 1. The number of carbonyl (C=O) groups is 1. The summed E-state index contributed by atoms with van der Waals surface area (Å²) >= 11 is 0. The predicted molar refractivity (Wildman–Crippen MR) is 51.0 cm³/mol. The minimum absolute atomic E-state index is 0.413. The van der Waals surface area contributed by atoms with E-state index in [2.05, 4.69) is 12.2 Å². The van der Waals surface area contributed by atoms with Crippen LogP contribution in [0.3, 0.4) is 0 Å². The minimum Gasteiger partial charge on any atom is -0.352 e. The Hall–Kier alpha value is -0.730. The van der Waals surface area contributed by atoms with Gasteiger partial charge in [-0.3, -0.25) is 0 Å². The van der Waals surface area contributed by atoms with Crippen molar-refractivity contribution in [2.45, 2.75) is 45.4 Å². The predicted octanol–water partition coefficient (Wildman–Crippen LogP) is 2.02. The number of hydrogen-bond acceptors (Lipinski definition) is 1. The molecule has 12 heavy (non-hydrogen) atoms. The van der Waals surface area contributed by atoms with Crippen molar-refractivity contribution >= 4 is 6.03 Å². The van der Waals surface area contributed by atoms with Crippen LogP contribution in [0.1, 0.15) is 45.4 Å². The zero-order valence-electron chi connectivity index (χ0n) is 7.94. The molecule has 0 aromatic heterocycles. The van der Waals surface area contributed by atoms with Crippen molar-refractivity contribution in [1.82, 2.24) is 5.32 Å². The van der Waals surface area contributed by atoms with Gasteiger partial charge in [-0.1, -0.05) is 39.0 Å². The highest BCUT2D eigenvalue weighted by Gasteiger charge is 1.91. The Kier molecular flexibility index (Phi) is 7.86. The summed E-state index contributed by atoms with van der Waals surface area (Å²) in [6, 6.07) is -0.413. The van der Waals surface area contributed by atoms with Gasteiger partial charge in [0.05, 0.1) is 0 Å². The maximum atomic E-state index is 10.2. The zero-order chi connectivity index (χ0) is 9.23. The molecule has 3 nitrogen and oxygen atoms in total. The van der Waals surface area contributed by atoms with Crippen molar-refractivity contribution in [2.24, 2.45) is 5.73 Å². The number of nitrogens with one attached hydrogen (secondary N) is 1. The lowest BCUT2D eigenvalue weighted by Crippen LogP contribution is -2.29. The lowest BCUT2D eigenvalue weighted by molar-refractivity contribution is 0.248. The van der Waals surface area contributed by atoms with Crippen molar-refractivity contribution in [2.75, 3.05) is 6.54 Å². The number of amides is 2. The van der Waals surface area contributed by atoms with Gasteiger partial charge in [-0.25, -0.2) is 4.79 Å². The van der Waals surface area contributed by atoms with Gasteiger partial charge >= 0.3 is 6.03 Å². The van der Waals surface area contributed by atoms with Crippen molar-refractivity contribution in [3.63, 3.8) is 0 Å². The van der Waals surface area contributed by atoms with Crippen LogP contribution in [0.2, 0.25) is 0 Å². The molecule has 72 valence electrons. The quantitative estimate of drug-likeness (QED) is 0.567. The molecule has 0 bridgehead atoms. The van der Waals surface area contributed by atoms with E-state index in [9.17, 15) is 4.79 Å². The van der Waals surface area contributed by atoms with Crippen LogP contribution in [0.15, 0.2) is 0 Å². The number of unbranched alkanes of at least 4 members (excludes halogenated alkanes) is 5. The van der Waals surface area contributed by atoms with Gasteiger partial charge in [0.15, 0.2) is 0 Å². The van der Waals surface area contributed by atoms with Gasteiger partial charge in [0.25, 0.3) is 0 Å². The average Bonchev–Trinajstić information content (AvgIpc) is 2.02. The van der Waals surface area contributed by atoms with Gasteiger partial charge < -0.3 is 11.1 Å². The molecule has 0 unspecified atom stereocenters. The number of hydrogen-bond donors (Lipinski definition) is 2.